The second-order valence-corrected chi connectivity index (χ2v) is 4.01. The fraction of sp³-hybridized carbons (Fsp3) is 0.875. The Morgan fingerprint density at radius 1 is 1.30 bits per heavy atom. The Balaban J connectivity index is 2.88. The number of hydrogen-bond donors (Lipinski definition) is 0. The standard InChI is InChI=1S/C8H14O2/c1-7(2)5-10-8(3,4)6(7)9/h5H2,1-4H3. The Hall–Kier alpha value is -0.370. The van der Waals surface area contributed by atoms with Crippen molar-refractivity contribution in [2.75, 3.05) is 6.61 Å². The normalized spacial score (nSPS) is 29.0. The van der Waals surface area contributed by atoms with E-state index in [9.17, 15) is 4.79 Å². The van der Waals surface area contributed by atoms with Crippen LogP contribution in [0.1, 0.15) is 27.7 Å². The van der Waals surface area contributed by atoms with Gasteiger partial charge in [-0.1, -0.05) is 13.8 Å². The van der Waals surface area contributed by atoms with Gasteiger partial charge in [0.1, 0.15) is 5.60 Å². The summed E-state index contributed by atoms with van der Waals surface area (Å²) < 4.78 is 5.32. The number of hydrogen-bond acceptors (Lipinski definition) is 2. The first-order chi connectivity index (χ1) is 4.36. The van der Waals surface area contributed by atoms with E-state index in [1.165, 1.54) is 0 Å². The summed E-state index contributed by atoms with van der Waals surface area (Å²) in [5.41, 5.74) is -0.826. The Kier molecular flexibility index (Phi) is 1.40. The van der Waals surface area contributed by atoms with Crippen molar-refractivity contribution in [3.63, 3.8) is 0 Å². The Labute approximate surface area is 61.6 Å². The molecule has 0 bridgehead atoms. The molecule has 1 aliphatic heterocycles. The van der Waals surface area contributed by atoms with E-state index < -0.39 is 5.60 Å². The summed E-state index contributed by atoms with van der Waals surface area (Å²) in [6.07, 6.45) is 0. The van der Waals surface area contributed by atoms with Crippen LogP contribution in [0, 0.1) is 5.41 Å². The van der Waals surface area contributed by atoms with Crippen LogP contribution >= 0.6 is 0 Å². The third kappa shape index (κ3) is 0.966. The Bertz CT molecular complexity index is 150. The van der Waals surface area contributed by atoms with Gasteiger partial charge in [0.25, 0.3) is 0 Å². The van der Waals surface area contributed by atoms with Gasteiger partial charge >= 0.3 is 0 Å². The summed E-state index contributed by atoms with van der Waals surface area (Å²) in [5, 5.41) is 0. The molecule has 0 saturated carbocycles. The smallest absolute Gasteiger partial charge is 0.171 e. The SMILES string of the molecule is CC1(C)COC(C)(C)C1=O. The lowest BCUT2D eigenvalue weighted by Gasteiger charge is -2.16. The fourth-order valence-electron chi connectivity index (χ4n) is 1.31. The fourth-order valence-corrected chi connectivity index (χ4v) is 1.31. The highest BCUT2D eigenvalue weighted by atomic mass is 16.5. The lowest BCUT2D eigenvalue weighted by atomic mass is 9.84. The van der Waals surface area contributed by atoms with Crippen molar-refractivity contribution in [3.8, 4) is 0 Å². The molecule has 1 rings (SSSR count). The van der Waals surface area contributed by atoms with Crippen LogP contribution < -0.4 is 0 Å². The van der Waals surface area contributed by atoms with Crippen LogP contribution in [-0.2, 0) is 9.53 Å². The molecule has 0 unspecified atom stereocenters. The zero-order chi connectivity index (χ0) is 7.99. The van der Waals surface area contributed by atoms with Crippen molar-refractivity contribution in [3.05, 3.63) is 0 Å². The van der Waals surface area contributed by atoms with Crippen LogP contribution in [0.5, 0.6) is 0 Å². The van der Waals surface area contributed by atoms with Crippen LogP contribution in [0.25, 0.3) is 0 Å². The van der Waals surface area contributed by atoms with Crippen molar-refractivity contribution < 1.29 is 9.53 Å². The molecule has 58 valence electrons. The Morgan fingerprint density at radius 2 is 1.80 bits per heavy atom. The van der Waals surface area contributed by atoms with Crippen LogP contribution in [0.2, 0.25) is 0 Å². The highest BCUT2D eigenvalue weighted by Crippen LogP contribution is 2.34. The van der Waals surface area contributed by atoms with Gasteiger partial charge in [-0.3, -0.25) is 4.79 Å². The maximum atomic E-state index is 11.4. The number of Topliss-reactive ketones (excluding diaryl/α,β-unsaturated/α-hetero) is 1. The topological polar surface area (TPSA) is 26.3 Å². The van der Waals surface area contributed by atoms with Gasteiger partial charge in [0.15, 0.2) is 5.78 Å². The first-order valence-corrected chi connectivity index (χ1v) is 3.55. The maximum Gasteiger partial charge on any atom is 0.171 e. The van der Waals surface area contributed by atoms with Crippen molar-refractivity contribution in [2.24, 2.45) is 5.41 Å². The minimum absolute atomic E-state index is 0.208. The molecule has 0 spiro atoms. The van der Waals surface area contributed by atoms with Crippen LogP contribution in [0.3, 0.4) is 0 Å². The molecule has 0 aliphatic carbocycles. The molecule has 1 saturated heterocycles. The summed E-state index contributed by atoms with van der Waals surface area (Å²) in [4.78, 5) is 11.4. The Morgan fingerprint density at radius 3 is 1.90 bits per heavy atom. The average Bonchev–Trinajstić information content (AvgIpc) is 1.95. The highest BCUT2D eigenvalue weighted by molar-refractivity contribution is 5.93. The summed E-state index contributed by atoms with van der Waals surface area (Å²) in [5.74, 6) is 0.208. The third-order valence-corrected chi connectivity index (χ3v) is 1.96. The van der Waals surface area contributed by atoms with Gasteiger partial charge in [-0.15, -0.1) is 0 Å². The monoisotopic (exact) mass is 142 g/mol. The second-order valence-electron chi connectivity index (χ2n) is 4.01. The van der Waals surface area contributed by atoms with Crippen LogP contribution in [-0.4, -0.2) is 18.0 Å². The van der Waals surface area contributed by atoms with Crippen molar-refractivity contribution in [2.45, 2.75) is 33.3 Å². The highest BCUT2D eigenvalue weighted by Gasteiger charge is 2.46. The first kappa shape index (κ1) is 7.73. The van der Waals surface area contributed by atoms with Crippen LogP contribution in [0.15, 0.2) is 0 Å². The summed E-state index contributed by atoms with van der Waals surface area (Å²) in [7, 11) is 0. The molecular weight excluding hydrogens is 128 g/mol. The van der Waals surface area contributed by atoms with E-state index in [0.29, 0.717) is 6.61 Å². The predicted molar refractivity (Wildman–Crippen MR) is 38.8 cm³/mol. The summed E-state index contributed by atoms with van der Waals surface area (Å²) >= 11 is 0. The predicted octanol–water partition coefficient (Wildman–Crippen LogP) is 1.39. The van der Waals surface area contributed by atoms with E-state index in [4.69, 9.17) is 4.74 Å². The number of rotatable bonds is 0. The molecule has 1 fully saturated rings. The molecule has 10 heavy (non-hydrogen) atoms. The maximum absolute atomic E-state index is 11.4. The minimum atomic E-state index is -0.552. The van der Waals surface area contributed by atoms with E-state index in [1.807, 2.05) is 27.7 Å². The molecule has 0 aromatic rings. The van der Waals surface area contributed by atoms with E-state index >= 15 is 0 Å². The van der Waals surface area contributed by atoms with Gasteiger partial charge in [-0.2, -0.15) is 0 Å². The molecule has 1 aliphatic rings. The lowest BCUT2D eigenvalue weighted by Crippen LogP contribution is -2.33. The zero-order valence-electron chi connectivity index (χ0n) is 7.02. The number of carbonyl (C=O) groups excluding carboxylic acids is 1. The molecule has 0 radical (unpaired) electrons. The van der Waals surface area contributed by atoms with Crippen molar-refractivity contribution in [1.82, 2.24) is 0 Å². The molecule has 0 atom stereocenters. The summed E-state index contributed by atoms with van der Waals surface area (Å²) in [6, 6.07) is 0. The molecule has 2 nitrogen and oxygen atoms in total. The second kappa shape index (κ2) is 1.82. The third-order valence-electron chi connectivity index (χ3n) is 1.96. The van der Waals surface area contributed by atoms with Gasteiger partial charge in [-0.05, 0) is 13.8 Å². The van der Waals surface area contributed by atoms with Gasteiger partial charge < -0.3 is 4.74 Å². The van der Waals surface area contributed by atoms with E-state index in [2.05, 4.69) is 0 Å². The molecule has 0 aromatic carbocycles. The molecule has 0 amide bonds. The van der Waals surface area contributed by atoms with E-state index in [0.717, 1.165) is 0 Å². The van der Waals surface area contributed by atoms with Gasteiger partial charge in [-0.25, -0.2) is 0 Å². The number of carbonyl (C=O) groups is 1. The lowest BCUT2D eigenvalue weighted by molar-refractivity contribution is -0.132. The van der Waals surface area contributed by atoms with Crippen molar-refractivity contribution in [1.29, 1.82) is 0 Å². The quantitative estimate of drug-likeness (QED) is 0.511. The molecule has 0 N–H and O–H groups in total. The molecule has 1 heterocycles. The zero-order valence-corrected chi connectivity index (χ0v) is 7.02. The summed E-state index contributed by atoms with van der Waals surface area (Å²) in [6.45, 7) is 8.04. The largest absolute Gasteiger partial charge is 0.367 e. The average molecular weight is 142 g/mol. The molecule has 2 heteroatoms. The van der Waals surface area contributed by atoms with Gasteiger partial charge in [0, 0.05) is 5.41 Å². The molecular formula is C8H14O2. The van der Waals surface area contributed by atoms with E-state index in [1.54, 1.807) is 0 Å². The number of ether oxygens (including phenoxy) is 1. The first-order valence-electron chi connectivity index (χ1n) is 3.55. The van der Waals surface area contributed by atoms with Crippen LogP contribution in [0.4, 0.5) is 0 Å². The number of ketones is 1. The van der Waals surface area contributed by atoms with Gasteiger partial charge in [0.05, 0.1) is 6.61 Å². The minimum Gasteiger partial charge on any atom is -0.367 e. The molecule has 0 aromatic heterocycles. The van der Waals surface area contributed by atoms with Gasteiger partial charge in [0.2, 0.25) is 0 Å². The van der Waals surface area contributed by atoms with Crippen molar-refractivity contribution >= 4 is 5.78 Å². The van der Waals surface area contributed by atoms with E-state index in [-0.39, 0.29) is 11.2 Å².